The Morgan fingerprint density at radius 1 is 1.13 bits per heavy atom. The molecule has 0 amide bonds. The lowest BCUT2D eigenvalue weighted by Gasteiger charge is -2.18. The van der Waals surface area contributed by atoms with E-state index in [1.807, 2.05) is 37.4 Å². The van der Waals surface area contributed by atoms with Crippen molar-refractivity contribution >= 4 is 17.6 Å². The third-order valence-corrected chi connectivity index (χ3v) is 4.21. The second kappa shape index (κ2) is 7.32. The fourth-order valence-electron chi connectivity index (χ4n) is 2.94. The average molecular weight is 308 g/mol. The number of benzene rings is 2. The SMILES string of the molecule is CCOc1cccc(N=Cc2ccc(N3CCCC3)cc2C)c1. The summed E-state index contributed by atoms with van der Waals surface area (Å²) in [4.78, 5) is 7.05. The summed E-state index contributed by atoms with van der Waals surface area (Å²) in [5, 5.41) is 0. The van der Waals surface area contributed by atoms with Crippen molar-refractivity contribution in [1.29, 1.82) is 0 Å². The van der Waals surface area contributed by atoms with Gasteiger partial charge in [-0.25, -0.2) is 0 Å². The quantitative estimate of drug-likeness (QED) is 0.745. The summed E-state index contributed by atoms with van der Waals surface area (Å²) in [5.41, 5.74) is 4.67. The lowest BCUT2D eigenvalue weighted by atomic mass is 10.1. The van der Waals surface area contributed by atoms with Crippen LogP contribution >= 0.6 is 0 Å². The van der Waals surface area contributed by atoms with Gasteiger partial charge in [0.05, 0.1) is 12.3 Å². The Balaban J connectivity index is 1.75. The highest BCUT2D eigenvalue weighted by Crippen LogP contribution is 2.24. The molecule has 0 aliphatic carbocycles. The van der Waals surface area contributed by atoms with E-state index in [-0.39, 0.29) is 0 Å². The van der Waals surface area contributed by atoms with Crippen LogP contribution in [0.2, 0.25) is 0 Å². The molecular weight excluding hydrogens is 284 g/mol. The lowest BCUT2D eigenvalue weighted by molar-refractivity contribution is 0.340. The molecule has 23 heavy (non-hydrogen) atoms. The van der Waals surface area contributed by atoms with Crippen molar-refractivity contribution in [3.8, 4) is 5.75 Å². The Labute approximate surface area is 138 Å². The van der Waals surface area contributed by atoms with Crippen LogP contribution < -0.4 is 9.64 Å². The van der Waals surface area contributed by atoms with Crippen LogP contribution in [0, 0.1) is 6.92 Å². The highest BCUT2D eigenvalue weighted by Gasteiger charge is 2.12. The van der Waals surface area contributed by atoms with Crippen molar-refractivity contribution in [2.24, 2.45) is 4.99 Å². The standard InChI is InChI=1S/C20H24N2O/c1-3-23-20-8-6-7-18(14-20)21-15-17-9-10-19(13-16(17)2)22-11-4-5-12-22/h6-10,13-15H,3-5,11-12H2,1-2H3. The molecule has 1 saturated heterocycles. The van der Waals surface area contributed by atoms with Gasteiger partial charge in [-0.1, -0.05) is 12.1 Å². The van der Waals surface area contributed by atoms with Gasteiger partial charge >= 0.3 is 0 Å². The Bertz CT molecular complexity index is 688. The molecule has 0 radical (unpaired) electrons. The van der Waals surface area contributed by atoms with E-state index in [4.69, 9.17) is 4.74 Å². The summed E-state index contributed by atoms with van der Waals surface area (Å²) in [5.74, 6) is 0.864. The van der Waals surface area contributed by atoms with E-state index in [2.05, 4.69) is 35.0 Å². The van der Waals surface area contributed by atoms with Gasteiger partial charge in [0, 0.05) is 31.1 Å². The molecule has 0 aromatic heterocycles. The fraction of sp³-hybridized carbons (Fsp3) is 0.350. The van der Waals surface area contributed by atoms with Crippen molar-refractivity contribution in [1.82, 2.24) is 0 Å². The second-order valence-electron chi connectivity index (χ2n) is 5.92. The summed E-state index contributed by atoms with van der Waals surface area (Å²) >= 11 is 0. The Morgan fingerprint density at radius 2 is 1.96 bits per heavy atom. The minimum Gasteiger partial charge on any atom is -0.494 e. The van der Waals surface area contributed by atoms with Crippen molar-refractivity contribution in [2.75, 3.05) is 24.6 Å². The van der Waals surface area contributed by atoms with Gasteiger partial charge in [0.1, 0.15) is 5.75 Å². The number of rotatable bonds is 5. The molecule has 3 nitrogen and oxygen atoms in total. The Morgan fingerprint density at radius 3 is 2.70 bits per heavy atom. The first kappa shape index (κ1) is 15.6. The monoisotopic (exact) mass is 308 g/mol. The molecule has 120 valence electrons. The van der Waals surface area contributed by atoms with Gasteiger partial charge in [-0.2, -0.15) is 0 Å². The normalized spacial score (nSPS) is 14.6. The summed E-state index contributed by atoms with van der Waals surface area (Å²) in [6.07, 6.45) is 4.55. The number of hydrogen-bond donors (Lipinski definition) is 0. The van der Waals surface area contributed by atoms with Crippen LogP contribution in [0.15, 0.2) is 47.5 Å². The zero-order valence-corrected chi connectivity index (χ0v) is 14.0. The molecule has 3 heteroatoms. The fourth-order valence-corrected chi connectivity index (χ4v) is 2.94. The topological polar surface area (TPSA) is 24.8 Å². The number of ether oxygens (including phenoxy) is 1. The first-order chi connectivity index (χ1) is 11.3. The third-order valence-electron chi connectivity index (χ3n) is 4.21. The molecule has 1 heterocycles. The Kier molecular flexibility index (Phi) is 4.96. The molecule has 0 unspecified atom stereocenters. The van der Waals surface area contributed by atoms with Crippen molar-refractivity contribution in [3.63, 3.8) is 0 Å². The van der Waals surface area contributed by atoms with Gasteiger partial charge in [0.25, 0.3) is 0 Å². The molecule has 2 aromatic rings. The molecule has 1 aliphatic heterocycles. The van der Waals surface area contributed by atoms with E-state index in [0.29, 0.717) is 6.61 Å². The minimum absolute atomic E-state index is 0.671. The number of nitrogens with zero attached hydrogens (tertiary/aromatic N) is 2. The van der Waals surface area contributed by atoms with Crippen LogP contribution in [-0.2, 0) is 0 Å². The molecule has 1 fully saturated rings. The maximum Gasteiger partial charge on any atom is 0.121 e. The number of aliphatic imine (C=N–C) groups is 1. The van der Waals surface area contributed by atoms with E-state index in [0.717, 1.165) is 17.0 Å². The van der Waals surface area contributed by atoms with Gasteiger partial charge in [-0.3, -0.25) is 4.99 Å². The van der Waals surface area contributed by atoms with Crippen LogP contribution in [0.5, 0.6) is 5.75 Å². The van der Waals surface area contributed by atoms with Crippen molar-refractivity contribution in [2.45, 2.75) is 26.7 Å². The largest absolute Gasteiger partial charge is 0.494 e. The van der Waals surface area contributed by atoms with Crippen molar-refractivity contribution < 1.29 is 4.74 Å². The van der Waals surface area contributed by atoms with E-state index in [1.165, 1.54) is 37.2 Å². The summed E-state index contributed by atoms with van der Waals surface area (Å²) in [6.45, 7) is 7.16. The third kappa shape index (κ3) is 3.92. The number of aryl methyl sites for hydroxylation is 1. The van der Waals surface area contributed by atoms with Gasteiger partial charge in [-0.15, -0.1) is 0 Å². The zero-order valence-electron chi connectivity index (χ0n) is 14.0. The Hall–Kier alpha value is -2.29. The lowest BCUT2D eigenvalue weighted by Crippen LogP contribution is -2.17. The van der Waals surface area contributed by atoms with E-state index in [1.54, 1.807) is 0 Å². The molecule has 3 rings (SSSR count). The summed E-state index contributed by atoms with van der Waals surface area (Å²) in [7, 11) is 0. The molecule has 0 atom stereocenters. The second-order valence-corrected chi connectivity index (χ2v) is 5.92. The molecular formula is C20H24N2O. The van der Waals surface area contributed by atoms with Crippen LogP contribution in [0.3, 0.4) is 0 Å². The van der Waals surface area contributed by atoms with Gasteiger partial charge < -0.3 is 9.64 Å². The molecule has 0 spiro atoms. The molecule has 0 bridgehead atoms. The minimum atomic E-state index is 0.671. The van der Waals surface area contributed by atoms with Crippen LogP contribution in [0.4, 0.5) is 11.4 Å². The number of hydrogen-bond acceptors (Lipinski definition) is 3. The molecule has 1 aliphatic rings. The maximum atomic E-state index is 5.52. The zero-order chi connectivity index (χ0) is 16.1. The van der Waals surface area contributed by atoms with E-state index in [9.17, 15) is 0 Å². The predicted molar refractivity (Wildman–Crippen MR) is 97.5 cm³/mol. The van der Waals surface area contributed by atoms with Crippen molar-refractivity contribution in [3.05, 3.63) is 53.6 Å². The first-order valence-electron chi connectivity index (χ1n) is 8.39. The van der Waals surface area contributed by atoms with Gasteiger partial charge in [0.2, 0.25) is 0 Å². The van der Waals surface area contributed by atoms with Crippen LogP contribution in [0.1, 0.15) is 30.9 Å². The highest BCUT2D eigenvalue weighted by atomic mass is 16.5. The molecule has 0 N–H and O–H groups in total. The van der Waals surface area contributed by atoms with Crippen LogP contribution in [0.25, 0.3) is 0 Å². The molecule has 0 saturated carbocycles. The van der Waals surface area contributed by atoms with Gasteiger partial charge in [0.15, 0.2) is 0 Å². The van der Waals surface area contributed by atoms with E-state index >= 15 is 0 Å². The smallest absolute Gasteiger partial charge is 0.121 e. The average Bonchev–Trinajstić information content (AvgIpc) is 3.09. The summed E-state index contributed by atoms with van der Waals surface area (Å²) in [6, 6.07) is 14.5. The highest BCUT2D eigenvalue weighted by molar-refractivity contribution is 5.84. The predicted octanol–water partition coefficient (Wildman–Crippen LogP) is 4.74. The van der Waals surface area contributed by atoms with Gasteiger partial charge in [-0.05, 0) is 62.1 Å². The molecule has 2 aromatic carbocycles. The number of anilines is 1. The van der Waals surface area contributed by atoms with E-state index < -0.39 is 0 Å². The van der Waals surface area contributed by atoms with Crippen LogP contribution in [-0.4, -0.2) is 25.9 Å². The first-order valence-corrected chi connectivity index (χ1v) is 8.39. The maximum absolute atomic E-state index is 5.52. The summed E-state index contributed by atoms with van der Waals surface area (Å²) < 4.78 is 5.52.